The predicted octanol–water partition coefficient (Wildman–Crippen LogP) is 4.99. The molecule has 0 saturated carbocycles. The molecule has 0 aliphatic rings. The minimum atomic E-state index is -3.93. The van der Waals surface area contributed by atoms with Gasteiger partial charge in [-0.05, 0) is 81.1 Å². The Labute approximate surface area is 191 Å². The van der Waals surface area contributed by atoms with Crippen molar-refractivity contribution in [1.29, 1.82) is 0 Å². The van der Waals surface area contributed by atoms with Gasteiger partial charge in [-0.3, -0.25) is 9.10 Å². The van der Waals surface area contributed by atoms with Crippen LogP contribution < -0.4 is 9.62 Å². The highest BCUT2D eigenvalue weighted by Gasteiger charge is 2.28. The van der Waals surface area contributed by atoms with Crippen molar-refractivity contribution in [2.45, 2.75) is 45.6 Å². The summed E-state index contributed by atoms with van der Waals surface area (Å²) in [6, 6.07) is 19.6. The highest BCUT2D eigenvalue weighted by molar-refractivity contribution is 7.92. The summed E-state index contributed by atoms with van der Waals surface area (Å²) in [4.78, 5) is 13.2. The van der Waals surface area contributed by atoms with Crippen LogP contribution in [0.4, 0.5) is 5.69 Å². The van der Waals surface area contributed by atoms with Crippen LogP contribution in [-0.2, 0) is 14.8 Å². The summed E-state index contributed by atoms with van der Waals surface area (Å²) < 4.78 is 28.2. The molecule has 1 atom stereocenters. The molecular weight excluding hydrogens is 420 g/mol. The summed E-state index contributed by atoms with van der Waals surface area (Å²) in [6.07, 6.45) is 0. The highest BCUT2D eigenvalue weighted by atomic mass is 32.2. The Balaban J connectivity index is 1.93. The first kappa shape index (κ1) is 23.5. The Hall–Kier alpha value is -3.12. The maximum absolute atomic E-state index is 13.5. The van der Waals surface area contributed by atoms with Crippen LogP contribution in [0, 0.1) is 27.7 Å². The number of hydrogen-bond acceptors (Lipinski definition) is 3. The van der Waals surface area contributed by atoms with E-state index in [2.05, 4.69) is 5.32 Å². The zero-order valence-electron chi connectivity index (χ0n) is 19.2. The number of aryl methyl sites for hydroxylation is 4. The third-order valence-electron chi connectivity index (χ3n) is 5.39. The van der Waals surface area contributed by atoms with Crippen LogP contribution in [0.1, 0.15) is 40.8 Å². The molecule has 0 aromatic heterocycles. The van der Waals surface area contributed by atoms with Crippen molar-refractivity contribution in [2.24, 2.45) is 0 Å². The fourth-order valence-corrected chi connectivity index (χ4v) is 5.28. The maximum Gasteiger partial charge on any atom is 0.264 e. The van der Waals surface area contributed by atoms with Crippen LogP contribution in [0.15, 0.2) is 71.6 Å². The zero-order chi connectivity index (χ0) is 23.5. The second-order valence-electron chi connectivity index (χ2n) is 8.32. The molecule has 3 aromatic rings. The summed E-state index contributed by atoms with van der Waals surface area (Å²) >= 11 is 0. The Bertz CT molecular complexity index is 1200. The third kappa shape index (κ3) is 5.37. The van der Waals surface area contributed by atoms with Crippen LogP contribution in [0.2, 0.25) is 0 Å². The van der Waals surface area contributed by atoms with E-state index in [4.69, 9.17) is 0 Å². The summed E-state index contributed by atoms with van der Waals surface area (Å²) in [6.45, 7) is 9.42. The second-order valence-corrected chi connectivity index (χ2v) is 10.2. The van der Waals surface area contributed by atoms with E-state index in [1.807, 2.05) is 58.9 Å². The molecule has 0 aliphatic heterocycles. The van der Waals surface area contributed by atoms with Gasteiger partial charge in [0.05, 0.1) is 16.6 Å². The number of amides is 1. The van der Waals surface area contributed by atoms with Gasteiger partial charge in [-0.2, -0.15) is 0 Å². The largest absolute Gasteiger partial charge is 0.348 e. The number of anilines is 1. The first-order valence-corrected chi connectivity index (χ1v) is 12.0. The number of carbonyl (C=O) groups excluding carboxylic acids is 1. The Kier molecular flexibility index (Phi) is 7.04. The smallest absolute Gasteiger partial charge is 0.264 e. The molecule has 1 N–H and O–H groups in total. The number of sulfonamides is 1. The van der Waals surface area contributed by atoms with Crippen LogP contribution in [0.25, 0.3) is 0 Å². The van der Waals surface area contributed by atoms with Crippen molar-refractivity contribution in [3.8, 4) is 0 Å². The number of rotatable bonds is 7. The summed E-state index contributed by atoms with van der Waals surface area (Å²) in [5.74, 6) is -0.364. The van der Waals surface area contributed by atoms with Crippen molar-refractivity contribution in [3.05, 3.63) is 94.5 Å². The molecule has 0 saturated heterocycles. The minimum absolute atomic E-state index is 0.148. The average molecular weight is 451 g/mol. The SMILES string of the molecule is Cc1cc(C)cc(N(CC(=O)NC(C)c2cc(C)ccc2C)S(=O)(=O)c2ccccc2)c1. The molecule has 3 rings (SSSR count). The summed E-state index contributed by atoms with van der Waals surface area (Å²) in [7, 11) is -3.93. The van der Waals surface area contributed by atoms with Crippen LogP contribution >= 0.6 is 0 Å². The lowest BCUT2D eigenvalue weighted by Gasteiger charge is -2.26. The quantitative estimate of drug-likeness (QED) is 0.551. The molecule has 1 amide bonds. The van der Waals surface area contributed by atoms with E-state index in [9.17, 15) is 13.2 Å². The maximum atomic E-state index is 13.5. The van der Waals surface area contributed by atoms with Gasteiger partial charge in [0.2, 0.25) is 5.91 Å². The van der Waals surface area contributed by atoms with Crippen molar-refractivity contribution < 1.29 is 13.2 Å². The van der Waals surface area contributed by atoms with E-state index in [1.165, 1.54) is 4.31 Å². The molecule has 6 heteroatoms. The lowest BCUT2D eigenvalue weighted by molar-refractivity contribution is -0.120. The number of nitrogens with zero attached hydrogens (tertiary/aromatic N) is 1. The fraction of sp³-hybridized carbons (Fsp3) is 0.269. The molecule has 0 aliphatic carbocycles. The monoisotopic (exact) mass is 450 g/mol. The second kappa shape index (κ2) is 9.57. The van der Waals surface area contributed by atoms with E-state index in [1.54, 1.807) is 42.5 Å². The number of hydrogen-bond donors (Lipinski definition) is 1. The highest BCUT2D eigenvalue weighted by Crippen LogP contribution is 2.26. The normalized spacial score (nSPS) is 12.3. The number of carbonyl (C=O) groups is 1. The lowest BCUT2D eigenvalue weighted by atomic mass is 10.00. The Morgan fingerprint density at radius 2 is 1.50 bits per heavy atom. The fourth-order valence-electron chi connectivity index (χ4n) is 3.85. The summed E-state index contributed by atoms with van der Waals surface area (Å²) in [5.41, 5.74) is 5.53. The van der Waals surface area contributed by atoms with Gasteiger partial charge in [-0.15, -0.1) is 0 Å². The number of nitrogens with one attached hydrogen (secondary N) is 1. The molecule has 32 heavy (non-hydrogen) atoms. The molecule has 0 radical (unpaired) electrons. The van der Waals surface area contributed by atoms with E-state index in [0.717, 1.165) is 27.8 Å². The molecule has 0 fully saturated rings. The molecule has 1 unspecified atom stereocenters. The van der Waals surface area contributed by atoms with Gasteiger partial charge in [0.15, 0.2) is 0 Å². The topological polar surface area (TPSA) is 66.5 Å². The van der Waals surface area contributed by atoms with Gasteiger partial charge in [-0.1, -0.05) is 48.0 Å². The lowest BCUT2D eigenvalue weighted by Crippen LogP contribution is -2.41. The summed E-state index contributed by atoms with van der Waals surface area (Å²) in [5, 5.41) is 2.97. The number of benzene rings is 3. The van der Waals surface area contributed by atoms with Crippen molar-refractivity contribution in [1.82, 2.24) is 5.32 Å². The van der Waals surface area contributed by atoms with E-state index < -0.39 is 10.0 Å². The van der Waals surface area contributed by atoms with Gasteiger partial charge in [0.25, 0.3) is 10.0 Å². The van der Waals surface area contributed by atoms with Crippen molar-refractivity contribution >= 4 is 21.6 Å². The Morgan fingerprint density at radius 3 is 2.12 bits per heavy atom. The molecule has 0 heterocycles. The predicted molar refractivity (Wildman–Crippen MR) is 129 cm³/mol. The standard InChI is InChI=1S/C26H30N2O3S/c1-18-11-12-21(4)25(16-18)22(5)27-26(29)17-28(23-14-19(2)13-20(3)15-23)32(30,31)24-9-7-6-8-10-24/h6-16,22H,17H2,1-5H3,(H,27,29). The molecule has 5 nitrogen and oxygen atoms in total. The van der Waals surface area contributed by atoms with Gasteiger partial charge < -0.3 is 5.32 Å². The van der Waals surface area contributed by atoms with Crippen LogP contribution in [-0.4, -0.2) is 20.9 Å². The molecule has 168 valence electrons. The van der Waals surface area contributed by atoms with Crippen molar-refractivity contribution in [2.75, 3.05) is 10.8 Å². The average Bonchev–Trinajstić information content (AvgIpc) is 2.73. The van der Waals surface area contributed by atoms with Gasteiger partial charge in [0, 0.05) is 0 Å². The molecule has 0 spiro atoms. The Morgan fingerprint density at radius 1 is 0.875 bits per heavy atom. The first-order chi connectivity index (χ1) is 15.1. The van der Waals surface area contributed by atoms with Gasteiger partial charge >= 0.3 is 0 Å². The first-order valence-electron chi connectivity index (χ1n) is 10.6. The molecular formula is C26H30N2O3S. The van der Waals surface area contributed by atoms with Gasteiger partial charge in [0.1, 0.15) is 6.54 Å². The minimum Gasteiger partial charge on any atom is -0.348 e. The van der Waals surface area contributed by atoms with Crippen LogP contribution in [0.5, 0.6) is 0 Å². The van der Waals surface area contributed by atoms with E-state index in [0.29, 0.717) is 5.69 Å². The van der Waals surface area contributed by atoms with Crippen molar-refractivity contribution in [3.63, 3.8) is 0 Å². The third-order valence-corrected chi connectivity index (χ3v) is 7.18. The van der Waals surface area contributed by atoms with Crippen LogP contribution in [0.3, 0.4) is 0 Å². The zero-order valence-corrected chi connectivity index (χ0v) is 20.0. The van der Waals surface area contributed by atoms with E-state index in [-0.39, 0.29) is 23.4 Å². The molecule has 0 bridgehead atoms. The molecule has 3 aromatic carbocycles. The van der Waals surface area contributed by atoms with Gasteiger partial charge in [-0.25, -0.2) is 8.42 Å². The van der Waals surface area contributed by atoms with E-state index >= 15 is 0 Å².